The molecule has 136 valence electrons. The predicted octanol–water partition coefficient (Wildman–Crippen LogP) is 1.33. The summed E-state index contributed by atoms with van der Waals surface area (Å²) < 4.78 is 0. The molecule has 7 heteroatoms. The summed E-state index contributed by atoms with van der Waals surface area (Å²) >= 11 is 0. The van der Waals surface area contributed by atoms with Gasteiger partial charge in [0, 0.05) is 51.9 Å². The van der Waals surface area contributed by atoms with Crippen LogP contribution in [0.4, 0.5) is 5.95 Å². The van der Waals surface area contributed by atoms with Gasteiger partial charge in [0.25, 0.3) is 5.91 Å². The van der Waals surface area contributed by atoms with Gasteiger partial charge in [0.2, 0.25) is 11.9 Å². The quantitative estimate of drug-likeness (QED) is 0.809. The van der Waals surface area contributed by atoms with Crippen molar-refractivity contribution in [3.05, 3.63) is 17.5 Å². The molecule has 1 aromatic rings. The Bertz CT molecular complexity index is 647. The molecule has 1 aromatic heterocycles. The third-order valence-corrected chi connectivity index (χ3v) is 5.14. The summed E-state index contributed by atoms with van der Waals surface area (Å²) in [4.78, 5) is 39.1. The minimum Gasteiger partial charge on any atom is -0.339 e. The SMILES string of the molecule is CC(=O)N1CCN(c2nc(C)cc(C(=O)N3CCC(C)CC3)n2)CC1. The van der Waals surface area contributed by atoms with Gasteiger partial charge in [-0.1, -0.05) is 6.92 Å². The van der Waals surface area contributed by atoms with Crippen molar-refractivity contribution in [3.63, 3.8) is 0 Å². The van der Waals surface area contributed by atoms with Crippen molar-refractivity contribution >= 4 is 17.8 Å². The number of aromatic nitrogens is 2. The van der Waals surface area contributed by atoms with Gasteiger partial charge >= 0.3 is 0 Å². The normalized spacial score (nSPS) is 19.2. The van der Waals surface area contributed by atoms with Crippen molar-refractivity contribution in [2.24, 2.45) is 5.92 Å². The maximum absolute atomic E-state index is 12.8. The van der Waals surface area contributed by atoms with E-state index in [0.717, 1.165) is 31.6 Å². The van der Waals surface area contributed by atoms with E-state index in [1.165, 1.54) is 0 Å². The molecule has 3 rings (SSSR count). The van der Waals surface area contributed by atoms with Crippen molar-refractivity contribution in [2.45, 2.75) is 33.6 Å². The van der Waals surface area contributed by atoms with Crippen molar-refractivity contribution < 1.29 is 9.59 Å². The molecule has 0 aromatic carbocycles. The Kier molecular flexibility index (Phi) is 5.20. The lowest BCUT2D eigenvalue weighted by atomic mass is 9.99. The summed E-state index contributed by atoms with van der Waals surface area (Å²) in [5.41, 5.74) is 1.28. The standard InChI is InChI=1S/C18H27N5O2/c1-13-4-6-22(7-5-13)17(25)16-12-14(2)19-18(20-16)23-10-8-21(9-11-23)15(3)24/h12-13H,4-11H2,1-3H3. The van der Waals surface area contributed by atoms with Gasteiger partial charge < -0.3 is 14.7 Å². The van der Waals surface area contributed by atoms with E-state index in [-0.39, 0.29) is 11.8 Å². The Morgan fingerprint density at radius 1 is 1.00 bits per heavy atom. The lowest BCUT2D eigenvalue weighted by Crippen LogP contribution is -2.48. The number of carbonyl (C=O) groups is 2. The second kappa shape index (κ2) is 7.37. The molecular formula is C18H27N5O2. The molecule has 7 nitrogen and oxygen atoms in total. The van der Waals surface area contributed by atoms with E-state index in [4.69, 9.17) is 0 Å². The van der Waals surface area contributed by atoms with Gasteiger partial charge in [-0.2, -0.15) is 0 Å². The van der Waals surface area contributed by atoms with Gasteiger partial charge in [0.1, 0.15) is 5.69 Å². The molecule has 2 aliphatic rings. The zero-order valence-electron chi connectivity index (χ0n) is 15.4. The highest BCUT2D eigenvalue weighted by Gasteiger charge is 2.25. The Hall–Kier alpha value is -2.18. The van der Waals surface area contributed by atoms with Crippen LogP contribution in [0.1, 0.15) is 42.9 Å². The molecule has 0 unspecified atom stereocenters. The van der Waals surface area contributed by atoms with Crippen LogP contribution in [-0.4, -0.2) is 70.9 Å². The fraction of sp³-hybridized carbons (Fsp3) is 0.667. The van der Waals surface area contributed by atoms with Gasteiger partial charge in [0.15, 0.2) is 0 Å². The van der Waals surface area contributed by atoms with Crippen LogP contribution in [0.5, 0.6) is 0 Å². The van der Waals surface area contributed by atoms with Crippen molar-refractivity contribution in [1.29, 1.82) is 0 Å². The number of amides is 2. The maximum atomic E-state index is 12.8. The number of piperidine rings is 1. The van der Waals surface area contributed by atoms with Crippen LogP contribution in [0.15, 0.2) is 6.07 Å². The number of hydrogen-bond acceptors (Lipinski definition) is 5. The highest BCUT2D eigenvalue weighted by atomic mass is 16.2. The third-order valence-electron chi connectivity index (χ3n) is 5.14. The molecule has 0 atom stereocenters. The van der Waals surface area contributed by atoms with Crippen LogP contribution in [0.2, 0.25) is 0 Å². The lowest BCUT2D eigenvalue weighted by Gasteiger charge is -2.34. The summed E-state index contributed by atoms with van der Waals surface area (Å²) in [6.07, 6.45) is 2.10. The first-order valence-electron chi connectivity index (χ1n) is 9.09. The second-order valence-corrected chi connectivity index (χ2v) is 7.16. The van der Waals surface area contributed by atoms with E-state index in [1.807, 2.05) is 16.7 Å². The molecule has 2 amide bonds. The van der Waals surface area contributed by atoms with Crippen molar-refractivity contribution in [2.75, 3.05) is 44.2 Å². The van der Waals surface area contributed by atoms with E-state index in [2.05, 4.69) is 21.8 Å². The van der Waals surface area contributed by atoms with Gasteiger partial charge in [-0.15, -0.1) is 0 Å². The fourth-order valence-electron chi connectivity index (χ4n) is 3.40. The minimum atomic E-state index is 0.000946. The average molecular weight is 345 g/mol. The molecule has 3 heterocycles. The fourth-order valence-corrected chi connectivity index (χ4v) is 3.40. The predicted molar refractivity (Wildman–Crippen MR) is 95.5 cm³/mol. The molecule has 0 aliphatic carbocycles. The number of aryl methyl sites for hydroxylation is 1. The molecule has 2 aliphatic heterocycles. The van der Waals surface area contributed by atoms with Crippen molar-refractivity contribution in [3.8, 4) is 0 Å². The van der Waals surface area contributed by atoms with Crippen LogP contribution in [0, 0.1) is 12.8 Å². The van der Waals surface area contributed by atoms with Gasteiger partial charge in [-0.05, 0) is 31.7 Å². The molecule has 25 heavy (non-hydrogen) atoms. The number of anilines is 1. The number of carbonyl (C=O) groups excluding carboxylic acids is 2. The Morgan fingerprint density at radius 2 is 1.64 bits per heavy atom. The molecule has 2 fully saturated rings. The summed E-state index contributed by atoms with van der Waals surface area (Å²) in [7, 11) is 0. The van der Waals surface area contributed by atoms with Crippen LogP contribution < -0.4 is 4.90 Å². The molecule has 2 saturated heterocycles. The lowest BCUT2D eigenvalue weighted by molar-refractivity contribution is -0.129. The zero-order valence-corrected chi connectivity index (χ0v) is 15.4. The van der Waals surface area contributed by atoms with E-state index in [1.54, 1.807) is 13.0 Å². The van der Waals surface area contributed by atoms with Crippen LogP contribution in [0.25, 0.3) is 0 Å². The number of rotatable bonds is 2. The molecule has 0 spiro atoms. The topological polar surface area (TPSA) is 69.6 Å². The monoisotopic (exact) mass is 345 g/mol. The van der Waals surface area contributed by atoms with Crippen LogP contribution >= 0.6 is 0 Å². The van der Waals surface area contributed by atoms with Gasteiger partial charge in [-0.3, -0.25) is 9.59 Å². The smallest absolute Gasteiger partial charge is 0.272 e. The van der Waals surface area contributed by atoms with E-state index in [9.17, 15) is 9.59 Å². The highest BCUT2D eigenvalue weighted by Crippen LogP contribution is 2.19. The first-order chi connectivity index (χ1) is 11.9. The average Bonchev–Trinajstić information content (AvgIpc) is 2.61. The highest BCUT2D eigenvalue weighted by molar-refractivity contribution is 5.92. The summed E-state index contributed by atoms with van der Waals surface area (Å²) in [6, 6.07) is 1.77. The molecule has 0 N–H and O–H groups in total. The largest absolute Gasteiger partial charge is 0.339 e. The van der Waals surface area contributed by atoms with Gasteiger partial charge in [-0.25, -0.2) is 9.97 Å². The summed E-state index contributed by atoms with van der Waals surface area (Å²) in [5, 5.41) is 0. The maximum Gasteiger partial charge on any atom is 0.272 e. The van der Waals surface area contributed by atoms with Gasteiger partial charge in [0.05, 0.1) is 0 Å². The first kappa shape index (κ1) is 17.6. The summed E-state index contributed by atoms with van der Waals surface area (Å²) in [5.74, 6) is 1.38. The second-order valence-electron chi connectivity index (χ2n) is 7.16. The Morgan fingerprint density at radius 3 is 2.24 bits per heavy atom. The molecule has 0 saturated carbocycles. The number of nitrogens with zero attached hydrogens (tertiary/aromatic N) is 5. The first-order valence-corrected chi connectivity index (χ1v) is 9.09. The summed E-state index contributed by atoms with van der Waals surface area (Å²) in [6.45, 7) is 10.0. The van der Waals surface area contributed by atoms with E-state index in [0.29, 0.717) is 43.7 Å². The van der Waals surface area contributed by atoms with Crippen LogP contribution in [0.3, 0.4) is 0 Å². The van der Waals surface area contributed by atoms with E-state index < -0.39 is 0 Å². The van der Waals surface area contributed by atoms with E-state index >= 15 is 0 Å². The molecular weight excluding hydrogens is 318 g/mol. The Balaban J connectivity index is 1.72. The third kappa shape index (κ3) is 4.08. The zero-order chi connectivity index (χ0) is 18.0. The number of likely N-dealkylation sites (tertiary alicyclic amines) is 1. The van der Waals surface area contributed by atoms with Crippen molar-refractivity contribution in [1.82, 2.24) is 19.8 Å². The Labute approximate surface area is 149 Å². The minimum absolute atomic E-state index is 0.000946. The molecule has 0 radical (unpaired) electrons. The molecule has 0 bridgehead atoms. The number of hydrogen-bond donors (Lipinski definition) is 0. The number of piperazine rings is 1. The van der Waals surface area contributed by atoms with Crippen LogP contribution in [-0.2, 0) is 4.79 Å².